The maximum absolute atomic E-state index is 12.1. The molecule has 1 atom stereocenters. The molecule has 0 amide bonds. The summed E-state index contributed by atoms with van der Waals surface area (Å²) < 4.78 is 9.13. The van der Waals surface area contributed by atoms with E-state index in [1.807, 2.05) is 0 Å². The van der Waals surface area contributed by atoms with Gasteiger partial charge in [0, 0.05) is 6.42 Å². The lowest BCUT2D eigenvalue weighted by Crippen LogP contribution is -2.34. The molecule has 0 saturated heterocycles. The summed E-state index contributed by atoms with van der Waals surface area (Å²) in [5.74, 6) is -7.50. The second kappa shape index (κ2) is 10.6. The number of carbonyl (C=O) groups excluding carboxylic acids is 4. The standard InChI is InChI=1S/C21H17NO10/c22-15(21(30)32-20(29)14-8-4-2-6-12(14)18(26)27)9-10-16(23)31-19(28)13-7-3-1-5-11(13)17(24)25/h1-8,15H,9-10,22H2,(H,24,25)(H,26,27)/t15-/m0/s1. The van der Waals surface area contributed by atoms with E-state index in [9.17, 15) is 28.8 Å². The number of ether oxygens (including phenoxy) is 2. The van der Waals surface area contributed by atoms with E-state index in [-0.39, 0.29) is 28.7 Å². The van der Waals surface area contributed by atoms with Crippen LogP contribution < -0.4 is 5.73 Å². The molecule has 4 N–H and O–H groups in total. The second-order valence-electron chi connectivity index (χ2n) is 6.32. The van der Waals surface area contributed by atoms with Gasteiger partial charge in [-0.25, -0.2) is 24.0 Å². The minimum atomic E-state index is -1.45. The molecule has 0 radical (unpaired) electrons. The molecule has 166 valence electrons. The largest absolute Gasteiger partial charge is 0.478 e. The van der Waals surface area contributed by atoms with E-state index < -0.39 is 48.3 Å². The molecule has 0 aliphatic rings. The summed E-state index contributed by atoms with van der Waals surface area (Å²) in [5, 5.41) is 18.1. The highest BCUT2D eigenvalue weighted by Crippen LogP contribution is 2.13. The van der Waals surface area contributed by atoms with Gasteiger partial charge in [-0.05, 0) is 30.7 Å². The lowest BCUT2D eigenvalue weighted by molar-refractivity contribution is -0.140. The summed E-state index contributed by atoms with van der Waals surface area (Å²) in [6.07, 6.45) is -0.878. The summed E-state index contributed by atoms with van der Waals surface area (Å²) in [7, 11) is 0. The molecule has 0 heterocycles. The van der Waals surface area contributed by atoms with Crippen molar-refractivity contribution in [1.29, 1.82) is 0 Å². The van der Waals surface area contributed by atoms with Crippen LogP contribution in [0.3, 0.4) is 0 Å². The minimum absolute atomic E-state index is 0.334. The number of aromatic carboxylic acids is 2. The lowest BCUT2D eigenvalue weighted by Gasteiger charge is -2.11. The zero-order valence-corrected chi connectivity index (χ0v) is 16.3. The molecule has 0 aromatic heterocycles. The topological polar surface area (TPSA) is 187 Å². The van der Waals surface area contributed by atoms with E-state index in [4.69, 9.17) is 15.9 Å². The van der Waals surface area contributed by atoms with Crippen LogP contribution in [0, 0.1) is 0 Å². The first-order valence-corrected chi connectivity index (χ1v) is 9.03. The van der Waals surface area contributed by atoms with Gasteiger partial charge in [0.05, 0.1) is 22.3 Å². The number of nitrogens with two attached hydrogens (primary N) is 1. The van der Waals surface area contributed by atoms with Crippen LogP contribution in [0.5, 0.6) is 0 Å². The molecule has 2 rings (SSSR count). The monoisotopic (exact) mass is 443 g/mol. The highest BCUT2D eigenvalue weighted by Gasteiger charge is 2.25. The predicted octanol–water partition coefficient (Wildman–Crippen LogP) is 1.26. The number of esters is 4. The van der Waals surface area contributed by atoms with E-state index in [0.717, 1.165) is 18.2 Å². The maximum Gasteiger partial charge on any atom is 0.346 e. The number of carboxylic acid groups (broad SMARTS) is 2. The van der Waals surface area contributed by atoms with Gasteiger partial charge in [0.25, 0.3) is 0 Å². The van der Waals surface area contributed by atoms with E-state index in [2.05, 4.69) is 9.47 Å². The molecule has 11 nitrogen and oxygen atoms in total. The molecule has 0 unspecified atom stereocenters. The van der Waals surface area contributed by atoms with Crippen LogP contribution in [-0.2, 0) is 19.1 Å². The zero-order chi connectivity index (χ0) is 23.8. The number of benzene rings is 2. The van der Waals surface area contributed by atoms with Gasteiger partial charge in [-0.2, -0.15) is 0 Å². The highest BCUT2D eigenvalue weighted by molar-refractivity contribution is 6.06. The van der Waals surface area contributed by atoms with Crippen molar-refractivity contribution in [2.75, 3.05) is 0 Å². The third-order valence-electron chi connectivity index (χ3n) is 4.12. The molecular formula is C21H17NO10. The first-order valence-electron chi connectivity index (χ1n) is 9.03. The molecule has 0 saturated carbocycles. The number of hydrogen-bond donors (Lipinski definition) is 3. The fourth-order valence-electron chi connectivity index (χ4n) is 2.52. The van der Waals surface area contributed by atoms with Gasteiger partial charge < -0.3 is 25.4 Å². The van der Waals surface area contributed by atoms with Crippen LogP contribution in [0.1, 0.15) is 54.3 Å². The molecule has 0 aliphatic heterocycles. The number of hydrogen-bond acceptors (Lipinski definition) is 9. The molecule has 0 spiro atoms. The van der Waals surface area contributed by atoms with Crippen molar-refractivity contribution in [2.45, 2.75) is 18.9 Å². The van der Waals surface area contributed by atoms with Gasteiger partial charge in [-0.15, -0.1) is 0 Å². The first-order chi connectivity index (χ1) is 15.1. The van der Waals surface area contributed by atoms with Crippen LogP contribution in [0.25, 0.3) is 0 Å². The van der Waals surface area contributed by atoms with Crippen LogP contribution in [-0.4, -0.2) is 52.1 Å². The molecule has 0 fully saturated rings. The third-order valence-corrected chi connectivity index (χ3v) is 4.12. The van der Waals surface area contributed by atoms with Crippen LogP contribution in [0.15, 0.2) is 48.5 Å². The Balaban J connectivity index is 1.91. The molecule has 0 bridgehead atoms. The molecule has 32 heavy (non-hydrogen) atoms. The van der Waals surface area contributed by atoms with Crippen LogP contribution in [0.2, 0.25) is 0 Å². The average molecular weight is 443 g/mol. The smallest absolute Gasteiger partial charge is 0.346 e. The molecular weight excluding hydrogens is 426 g/mol. The van der Waals surface area contributed by atoms with Gasteiger partial charge in [0.15, 0.2) is 0 Å². The van der Waals surface area contributed by atoms with Crippen molar-refractivity contribution < 1.29 is 48.5 Å². The minimum Gasteiger partial charge on any atom is -0.478 e. The summed E-state index contributed by atoms with van der Waals surface area (Å²) in [4.78, 5) is 70.2. The van der Waals surface area contributed by atoms with Gasteiger partial charge in [0.2, 0.25) is 0 Å². The number of carboxylic acids is 2. The van der Waals surface area contributed by atoms with Crippen LogP contribution in [0.4, 0.5) is 0 Å². The number of carbonyl (C=O) groups is 6. The first kappa shape index (κ1) is 23.9. The van der Waals surface area contributed by atoms with E-state index >= 15 is 0 Å². The van der Waals surface area contributed by atoms with Crippen molar-refractivity contribution >= 4 is 35.8 Å². The Bertz CT molecular complexity index is 1090. The maximum atomic E-state index is 12.1. The van der Waals surface area contributed by atoms with Crippen molar-refractivity contribution in [2.24, 2.45) is 5.73 Å². The Morgan fingerprint density at radius 3 is 1.56 bits per heavy atom. The Hall–Kier alpha value is -4.38. The van der Waals surface area contributed by atoms with Crippen molar-refractivity contribution in [3.8, 4) is 0 Å². The quantitative estimate of drug-likeness (QED) is 0.393. The summed E-state index contributed by atoms with van der Waals surface area (Å²) in [6, 6.07) is 8.73. The highest BCUT2D eigenvalue weighted by atomic mass is 16.6. The Kier molecular flexibility index (Phi) is 7.91. The molecule has 0 aliphatic carbocycles. The normalized spacial score (nSPS) is 11.2. The third kappa shape index (κ3) is 6.06. The second-order valence-corrected chi connectivity index (χ2v) is 6.32. The zero-order valence-electron chi connectivity index (χ0n) is 16.3. The van der Waals surface area contributed by atoms with E-state index in [1.54, 1.807) is 0 Å². The van der Waals surface area contributed by atoms with Crippen molar-refractivity contribution in [3.05, 3.63) is 70.8 Å². The lowest BCUT2D eigenvalue weighted by atomic mass is 10.1. The van der Waals surface area contributed by atoms with Crippen molar-refractivity contribution in [3.63, 3.8) is 0 Å². The van der Waals surface area contributed by atoms with Gasteiger partial charge in [0.1, 0.15) is 6.04 Å². The molecule has 11 heteroatoms. The fourth-order valence-corrected chi connectivity index (χ4v) is 2.52. The van der Waals surface area contributed by atoms with Crippen molar-refractivity contribution in [1.82, 2.24) is 0 Å². The van der Waals surface area contributed by atoms with Crippen LogP contribution >= 0.6 is 0 Å². The Morgan fingerprint density at radius 2 is 1.12 bits per heavy atom. The summed E-state index contributed by atoms with van der Waals surface area (Å²) >= 11 is 0. The summed E-state index contributed by atoms with van der Waals surface area (Å²) in [6.45, 7) is 0. The van der Waals surface area contributed by atoms with Gasteiger partial charge in [-0.3, -0.25) is 4.79 Å². The Morgan fingerprint density at radius 1 is 0.719 bits per heavy atom. The summed E-state index contributed by atoms with van der Waals surface area (Å²) in [5.41, 5.74) is 4.16. The van der Waals surface area contributed by atoms with E-state index in [1.165, 1.54) is 30.3 Å². The SMILES string of the molecule is N[C@@H](CCC(=O)OC(=O)c1ccccc1C(=O)O)C(=O)OC(=O)c1ccccc1C(=O)O. The molecule has 2 aromatic rings. The number of rotatable bonds is 8. The van der Waals surface area contributed by atoms with Gasteiger partial charge in [-0.1, -0.05) is 24.3 Å². The fraction of sp³-hybridized carbons (Fsp3) is 0.143. The average Bonchev–Trinajstić information content (AvgIpc) is 2.77. The van der Waals surface area contributed by atoms with E-state index in [0.29, 0.717) is 0 Å². The van der Waals surface area contributed by atoms with Gasteiger partial charge >= 0.3 is 35.8 Å². The Labute approximate surface area is 180 Å². The predicted molar refractivity (Wildman–Crippen MR) is 105 cm³/mol. The molecule has 2 aromatic carbocycles.